The molecular formula is C33H60NO6P. The van der Waals surface area contributed by atoms with Gasteiger partial charge in [-0.05, 0) is 63.4 Å². The molecule has 0 amide bonds. The lowest BCUT2D eigenvalue weighted by molar-refractivity contribution is -0.120. The van der Waals surface area contributed by atoms with E-state index in [-0.39, 0.29) is 18.3 Å². The van der Waals surface area contributed by atoms with E-state index < -0.39 is 13.9 Å². The van der Waals surface area contributed by atoms with Gasteiger partial charge in [-0.15, -0.1) is 0 Å². The third kappa shape index (κ3) is 20.3. The van der Waals surface area contributed by atoms with Crippen LogP contribution in [0, 0.1) is 5.92 Å². The third-order valence-corrected chi connectivity index (χ3v) is 8.30. The monoisotopic (exact) mass is 597 g/mol. The lowest BCUT2D eigenvalue weighted by atomic mass is 9.94. The molecule has 0 aliphatic carbocycles. The molecule has 1 N–H and O–H groups in total. The van der Waals surface area contributed by atoms with Crippen molar-refractivity contribution < 1.29 is 28.0 Å². The third-order valence-electron chi connectivity index (χ3n) is 7.26. The van der Waals surface area contributed by atoms with E-state index in [1.807, 2.05) is 57.1 Å². The first-order chi connectivity index (χ1) is 19.7. The van der Waals surface area contributed by atoms with Gasteiger partial charge >= 0.3 is 7.82 Å². The summed E-state index contributed by atoms with van der Waals surface area (Å²) in [6, 6.07) is 7.94. The van der Waals surface area contributed by atoms with Crippen molar-refractivity contribution in [1.82, 2.24) is 4.90 Å². The van der Waals surface area contributed by atoms with Gasteiger partial charge in [0.05, 0.1) is 19.3 Å². The fourth-order valence-electron chi connectivity index (χ4n) is 5.01. The average Bonchev–Trinajstić information content (AvgIpc) is 2.92. The fraction of sp³-hybridized carbons (Fsp3) is 0.788. The highest BCUT2D eigenvalue weighted by atomic mass is 31.2. The minimum atomic E-state index is -4.25. The zero-order valence-corrected chi connectivity index (χ0v) is 27.7. The van der Waals surface area contributed by atoms with Crippen LogP contribution in [0.15, 0.2) is 24.3 Å². The molecule has 8 heteroatoms. The van der Waals surface area contributed by atoms with Gasteiger partial charge in [-0.3, -0.25) is 13.8 Å². The summed E-state index contributed by atoms with van der Waals surface area (Å²) >= 11 is 0. The maximum Gasteiger partial charge on any atom is 0.472 e. The Morgan fingerprint density at radius 1 is 0.927 bits per heavy atom. The topological polar surface area (TPSA) is 85.3 Å². The van der Waals surface area contributed by atoms with E-state index in [1.165, 1.54) is 64.2 Å². The van der Waals surface area contributed by atoms with Crippen molar-refractivity contribution in [3.8, 4) is 5.75 Å². The molecule has 0 aromatic heterocycles. The molecular weight excluding hydrogens is 537 g/mol. The van der Waals surface area contributed by atoms with Crippen LogP contribution >= 0.6 is 7.82 Å². The Labute approximate surface area is 251 Å². The number of ether oxygens (including phenoxy) is 1. The minimum Gasteiger partial charge on any atom is -0.494 e. The van der Waals surface area contributed by atoms with E-state index in [0.717, 1.165) is 24.2 Å². The van der Waals surface area contributed by atoms with Crippen LogP contribution in [0.2, 0.25) is 0 Å². The Hall–Kier alpha value is -1.24. The van der Waals surface area contributed by atoms with Gasteiger partial charge in [0.15, 0.2) is 0 Å². The molecule has 41 heavy (non-hydrogen) atoms. The summed E-state index contributed by atoms with van der Waals surface area (Å²) < 4.78 is 29.5. The van der Waals surface area contributed by atoms with E-state index >= 15 is 0 Å². The highest BCUT2D eigenvalue weighted by Gasteiger charge is 2.28. The number of likely N-dealkylation sites (N-methyl/N-ethyl adjacent to an activating group) is 1. The molecule has 0 heterocycles. The first-order valence-electron chi connectivity index (χ1n) is 16.2. The second-order valence-corrected chi connectivity index (χ2v) is 13.2. The van der Waals surface area contributed by atoms with E-state index in [9.17, 15) is 14.3 Å². The molecule has 3 unspecified atom stereocenters. The van der Waals surface area contributed by atoms with Crippen LogP contribution in [-0.2, 0) is 24.8 Å². The number of hydrogen-bond donors (Lipinski definition) is 1. The van der Waals surface area contributed by atoms with Crippen LogP contribution in [0.25, 0.3) is 0 Å². The molecule has 0 spiro atoms. The number of ketones is 1. The van der Waals surface area contributed by atoms with Gasteiger partial charge in [-0.2, -0.15) is 0 Å². The number of phosphoric ester groups is 1. The summed E-state index contributed by atoms with van der Waals surface area (Å²) in [5.41, 5.74) is 1.02. The van der Waals surface area contributed by atoms with Gasteiger partial charge in [-0.25, -0.2) is 4.57 Å². The highest BCUT2D eigenvalue weighted by Crippen LogP contribution is 2.45. The van der Waals surface area contributed by atoms with Crippen LogP contribution in [0.4, 0.5) is 0 Å². The average molecular weight is 598 g/mol. The number of Topliss-reactive ketones (excluding diaryl/α,β-unsaturated/α-hetero) is 1. The fourth-order valence-corrected chi connectivity index (χ4v) is 6.06. The van der Waals surface area contributed by atoms with Crippen molar-refractivity contribution >= 4 is 13.6 Å². The van der Waals surface area contributed by atoms with Crippen molar-refractivity contribution in [2.75, 3.05) is 33.9 Å². The molecule has 0 aliphatic heterocycles. The molecule has 0 fully saturated rings. The lowest BCUT2D eigenvalue weighted by Crippen LogP contribution is -2.27. The number of carbonyl (C=O) groups is 1. The van der Waals surface area contributed by atoms with Crippen molar-refractivity contribution in [3.63, 3.8) is 0 Å². The van der Waals surface area contributed by atoms with Crippen molar-refractivity contribution in [2.45, 2.75) is 130 Å². The SMILES string of the molecule is CCCCCCCCCCCCCOc1cccc(CC(COP(=O)(O)OC(CC)CN(C)C)CC(=O)CCC)c1. The molecule has 1 aromatic rings. The number of rotatable bonds is 27. The van der Waals surface area contributed by atoms with Crippen LogP contribution in [0.3, 0.4) is 0 Å². The Kier molecular flexibility index (Phi) is 21.4. The minimum absolute atomic E-state index is 0.0224. The summed E-state index contributed by atoms with van der Waals surface area (Å²) in [5, 5.41) is 0. The number of nitrogens with zero attached hydrogens (tertiary/aromatic N) is 1. The second-order valence-electron chi connectivity index (χ2n) is 11.8. The molecule has 0 bridgehead atoms. The molecule has 1 aromatic carbocycles. The Balaban J connectivity index is 2.52. The predicted octanol–water partition coefficient (Wildman–Crippen LogP) is 8.77. The molecule has 1 rings (SSSR count). The van der Waals surface area contributed by atoms with Gasteiger partial charge in [0.2, 0.25) is 0 Å². The lowest BCUT2D eigenvalue weighted by Gasteiger charge is -2.24. The molecule has 0 radical (unpaired) electrons. The summed E-state index contributed by atoms with van der Waals surface area (Å²) in [6.45, 7) is 7.34. The van der Waals surface area contributed by atoms with E-state index in [4.69, 9.17) is 13.8 Å². The summed E-state index contributed by atoms with van der Waals surface area (Å²) in [4.78, 5) is 24.7. The molecule has 0 saturated carbocycles. The van der Waals surface area contributed by atoms with Crippen LogP contribution < -0.4 is 4.74 Å². The van der Waals surface area contributed by atoms with Gasteiger partial charge in [-0.1, -0.05) is 97.1 Å². The maximum atomic E-state index is 12.7. The first-order valence-corrected chi connectivity index (χ1v) is 17.7. The number of carbonyl (C=O) groups excluding carboxylic acids is 1. The Bertz CT molecular complexity index is 849. The van der Waals surface area contributed by atoms with Crippen molar-refractivity contribution in [2.24, 2.45) is 5.92 Å². The van der Waals surface area contributed by atoms with E-state index in [2.05, 4.69) is 6.92 Å². The zero-order chi connectivity index (χ0) is 30.3. The van der Waals surface area contributed by atoms with Gasteiger partial charge in [0.1, 0.15) is 11.5 Å². The highest BCUT2D eigenvalue weighted by molar-refractivity contribution is 7.47. The molecule has 238 valence electrons. The first kappa shape index (κ1) is 37.8. The summed E-state index contributed by atoms with van der Waals surface area (Å²) in [7, 11) is -0.469. The quantitative estimate of drug-likeness (QED) is 0.0801. The van der Waals surface area contributed by atoms with Crippen molar-refractivity contribution in [3.05, 3.63) is 29.8 Å². The molecule has 3 atom stereocenters. The second kappa shape index (κ2) is 23.2. The summed E-state index contributed by atoms with van der Waals surface area (Å²) in [6.07, 6.45) is 16.6. The normalized spacial score (nSPS) is 14.6. The van der Waals surface area contributed by atoms with E-state index in [1.54, 1.807) is 0 Å². The predicted molar refractivity (Wildman–Crippen MR) is 170 cm³/mol. The van der Waals surface area contributed by atoms with Crippen LogP contribution in [0.1, 0.15) is 123 Å². The van der Waals surface area contributed by atoms with Crippen LogP contribution in [-0.4, -0.2) is 55.5 Å². The molecule has 7 nitrogen and oxygen atoms in total. The Morgan fingerprint density at radius 3 is 2.15 bits per heavy atom. The molecule has 0 aliphatic rings. The Morgan fingerprint density at radius 2 is 1.56 bits per heavy atom. The number of hydrogen-bond acceptors (Lipinski definition) is 6. The zero-order valence-electron chi connectivity index (χ0n) is 26.8. The smallest absolute Gasteiger partial charge is 0.472 e. The van der Waals surface area contributed by atoms with Gasteiger partial charge in [0, 0.05) is 19.4 Å². The number of phosphoric acid groups is 1. The van der Waals surface area contributed by atoms with Gasteiger partial charge in [0.25, 0.3) is 0 Å². The summed E-state index contributed by atoms with van der Waals surface area (Å²) in [5.74, 6) is 0.728. The maximum absolute atomic E-state index is 12.7. The van der Waals surface area contributed by atoms with Gasteiger partial charge < -0.3 is 14.5 Å². The van der Waals surface area contributed by atoms with E-state index in [0.29, 0.717) is 38.8 Å². The number of benzene rings is 1. The standard InChI is InChI=1S/C33H60NO6P/c1-6-9-10-11-12-13-14-15-16-17-18-23-38-33-22-19-21-29(26-33)24-30(25-31(35)20-7-2)28-39-41(36,37)40-32(8-3)27-34(4)5/h19,21-22,26,30,32H,6-18,20,23-25,27-28H2,1-5H3,(H,36,37). The van der Waals surface area contributed by atoms with Crippen LogP contribution in [0.5, 0.6) is 5.75 Å². The number of unbranched alkanes of at least 4 members (excludes halogenated alkanes) is 10. The van der Waals surface area contributed by atoms with Crippen molar-refractivity contribution in [1.29, 1.82) is 0 Å². The molecule has 0 saturated heterocycles. The largest absolute Gasteiger partial charge is 0.494 e.